The maximum Gasteiger partial charge on any atom is 0.259 e. The van der Waals surface area contributed by atoms with Crippen LogP contribution >= 0.6 is 0 Å². The topological polar surface area (TPSA) is 84.6 Å². The van der Waals surface area contributed by atoms with Gasteiger partial charge in [-0.3, -0.25) is 4.79 Å². The first-order valence-corrected chi connectivity index (χ1v) is 6.05. The highest BCUT2D eigenvalue weighted by atomic mass is 16.5. The van der Waals surface area contributed by atoms with E-state index in [2.05, 4.69) is 5.32 Å². The Morgan fingerprint density at radius 1 is 1.25 bits per heavy atom. The summed E-state index contributed by atoms with van der Waals surface area (Å²) in [5, 5.41) is 12.5. The van der Waals surface area contributed by atoms with E-state index < -0.39 is 5.91 Å². The number of carbonyl (C=O) groups excluding carboxylic acids is 1. The third kappa shape index (κ3) is 2.83. The fraction of sp³-hybridized carbons (Fsp3) is 0.133. The van der Waals surface area contributed by atoms with Gasteiger partial charge in [-0.15, -0.1) is 0 Å². The summed E-state index contributed by atoms with van der Waals surface area (Å²) in [7, 11) is 1.49. The molecule has 20 heavy (non-hydrogen) atoms. The van der Waals surface area contributed by atoms with Crippen LogP contribution in [0.1, 0.15) is 15.9 Å². The fourth-order valence-corrected chi connectivity index (χ4v) is 1.80. The second-order valence-corrected chi connectivity index (χ2v) is 4.43. The minimum absolute atomic E-state index is 0.145. The molecule has 0 unspecified atom stereocenters. The molecule has 0 aliphatic carbocycles. The number of hydrogen-bond donors (Lipinski definition) is 3. The van der Waals surface area contributed by atoms with Crippen LogP contribution < -0.4 is 15.8 Å². The molecule has 0 bridgehead atoms. The van der Waals surface area contributed by atoms with Crippen LogP contribution in [0, 0.1) is 6.92 Å². The Morgan fingerprint density at radius 2 is 2.00 bits per heavy atom. The molecule has 0 saturated carbocycles. The first-order valence-electron chi connectivity index (χ1n) is 6.05. The summed E-state index contributed by atoms with van der Waals surface area (Å²) < 4.78 is 4.97. The summed E-state index contributed by atoms with van der Waals surface area (Å²) in [6.45, 7) is 1.90. The zero-order valence-electron chi connectivity index (χ0n) is 11.3. The molecule has 0 heterocycles. The van der Waals surface area contributed by atoms with Gasteiger partial charge >= 0.3 is 0 Å². The second kappa shape index (κ2) is 5.52. The SMILES string of the molecule is COc1ccc(C(=O)Nc2cc(C)ccc2N)c(O)c1. The van der Waals surface area contributed by atoms with Crippen molar-refractivity contribution in [3.8, 4) is 11.5 Å². The van der Waals surface area contributed by atoms with E-state index in [9.17, 15) is 9.90 Å². The van der Waals surface area contributed by atoms with E-state index in [1.165, 1.54) is 19.2 Å². The lowest BCUT2D eigenvalue weighted by atomic mass is 10.1. The van der Waals surface area contributed by atoms with Crippen LogP contribution in [0.4, 0.5) is 11.4 Å². The minimum atomic E-state index is -0.428. The Kier molecular flexibility index (Phi) is 3.79. The lowest BCUT2D eigenvalue weighted by Gasteiger charge is -2.10. The average molecular weight is 272 g/mol. The van der Waals surface area contributed by atoms with Gasteiger partial charge in [0.25, 0.3) is 5.91 Å². The maximum atomic E-state index is 12.1. The predicted octanol–water partition coefficient (Wildman–Crippen LogP) is 2.54. The van der Waals surface area contributed by atoms with Crippen LogP contribution in [-0.2, 0) is 0 Å². The molecule has 4 N–H and O–H groups in total. The number of nitrogen functional groups attached to an aromatic ring is 1. The molecule has 5 heteroatoms. The van der Waals surface area contributed by atoms with Crippen molar-refractivity contribution in [2.75, 3.05) is 18.2 Å². The highest BCUT2D eigenvalue weighted by Crippen LogP contribution is 2.26. The number of phenolic OH excluding ortho intramolecular Hbond substituents is 1. The minimum Gasteiger partial charge on any atom is -0.507 e. The Morgan fingerprint density at radius 3 is 2.65 bits per heavy atom. The normalized spacial score (nSPS) is 10.1. The van der Waals surface area contributed by atoms with E-state index >= 15 is 0 Å². The number of aromatic hydroxyl groups is 1. The zero-order chi connectivity index (χ0) is 14.7. The molecule has 0 saturated heterocycles. The number of rotatable bonds is 3. The number of aryl methyl sites for hydroxylation is 1. The van der Waals surface area contributed by atoms with E-state index in [1.807, 2.05) is 13.0 Å². The fourth-order valence-electron chi connectivity index (χ4n) is 1.80. The van der Waals surface area contributed by atoms with Gasteiger partial charge in [0.05, 0.1) is 24.0 Å². The third-order valence-electron chi connectivity index (χ3n) is 2.91. The molecule has 2 rings (SSSR count). The van der Waals surface area contributed by atoms with E-state index in [4.69, 9.17) is 10.5 Å². The van der Waals surface area contributed by atoms with Crippen LogP contribution in [0.25, 0.3) is 0 Å². The van der Waals surface area contributed by atoms with Crippen LogP contribution in [-0.4, -0.2) is 18.1 Å². The average Bonchev–Trinajstić information content (AvgIpc) is 2.42. The van der Waals surface area contributed by atoms with Gasteiger partial charge in [0.2, 0.25) is 0 Å². The Bertz CT molecular complexity index is 654. The largest absolute Gasteiger partial charge is 0.507 e. The van der Waals surface area contributed by atoms with Crippen molar-refractivity contribution >= 4 is 17.3 Å². The van der Waals surface area contributed by atoms with Crippen molar-refractivity contribution in [1.82, 2.24) is 0 Å². The molecule has 2 aromatic carbocycles. The van der Waals surface area contributed by atoms with Crippen molar-refractivity contribution in [2.45, 2.75) is 6.92 Å². The molecule has 0 radical (unpaired) electrons. The predicted molar refractivity (Wildman–Crippen MR) is 78.2 cm³/mol. The number of phenols is 1. The van der Waals surface area contributed by atoms with Crippen molar-refractivity contribution in [3.05, 3.63) is 47.5 Å². The standard InChI is InChI=1S/C15H16N2O3/c1-9-3-6-12(16)13(7-9)17-15(19)11-5-4-10(20-2)8-14(11)18/h3-8,18H,16H2,1-2H3,(H,17,19). The number of benzene rings is 2. The summed E-state index contributed by atoms with van der Waals surface area (Å²) >= 11 is 0. The summed E-state index contributed by atoms with van der Waals surface area (Å²) in [6.07, 6.45) is 0. The number of amides is 1. The Hall–Kier alpha value is -2.69. The molecule has 104 valence electrons. The summed E-state index contributed by atoms with van der Waals surface area (Å²) in [6, 6.07) is 9.83. The second-order valence-electron chi connectivity index (χ2n) is 4.43. The number of methoxy groups -OCH3 is 1. The van der Waals surface area contributed by atoms with E-state index in [-0.39, 0.29) is 11.3 Å². The smallest absolute Gasteiger partial charge is 0.259 e. The van der Waals surface area contributed by atoms with Gasteiger partial charge < -0.3 is 20.9 Å². The Labute approximate surface area is 117 Å². The number of anilines is 2. The van der Waals surface area contributed by atoms with Gasteiger partial charge in [-0.1, -0.05) is 6.07 Å². The number of nitrogens with two attached hydrogens (primary N) is 1. The molecule has 2 aromatic rings. The van der Waals surface area contributed by atoms with Crippen LogP contribution in [0.5, 0.6) is 11.5 Å². The zero-order valence-corrected chi connectivity index (χ0v) is 11.3. The van der Waals surface area contributed by atoms with Crippen LogP contribution in [0.3, 0.4) is 0 Å². The van der Waals surface area contributed by atoms with Crippen LogP contribution in [0.2, 0.25) is 0 Å². The number of ether oxygens (including phenoxy) is 1. The Balaban J connectivity index is 2.26. The molecule has 0 spiro atoms. The van der Waals surface area contributed by atoms with E-state index in [0.29, 0.717) is 17.1 Å². The highest BCUT2D eigenvalue weighted by Gasteiger charge is 2.13. The molecule has 0 aliphatic heterocycles. The van der Waals surface area contributed by atoms with E-state index in [0.717, 1.165) is 5.56 Å². The maximum absolute atomic E-state index is 12.1. The molecule has 0 aliphatic rings. The van der Waals surface area contributed by atoms with E-state index in [1.54, 1.807) is 18.2 Å². The highest BCUT2D eigenvalue weighted by molar-refractivity contribution is 6.07. The van der Waals surface area contributed by atoms with Gasteiger partial charge in [-0.05, 0) is 36.8 Å². The number of carbonyl (C=O) groups is 1. The molecule has 5 nitrogen and oxygen atoms in total. The quantitative estimate of drug-likeness (QED) is 0.750. The molecular weight excluding hydrogens is 256 g/mol. The lowest BCUT2D eigenvalue weighted by Crippen LogP contribution is -2.13. The third-order valence-corrected chi connectivity index (χ3v) is 2.91. The van der Waals surface area contributed by atoms with Crippen molar-refractivity contribution < 1.29 is 14.6 Å². The van der Waals surface area contributed by atoms with Gasteiger partial charge in [0.15, 0.2) is 0 Å². The molecular formula is C15H16N2O3. The van der Waals surface area contributed by atoms with Gasteiger partial charge in [-0.2, -0.15) is 0 Å². The first-order chi connectivity index (χ1) is 9.51. The van der Waals surface area contributed by atoms with Gasteiger partial charge in [0, 0.05) is 6.07 Å². The van der Waals surface area contributed by atoms with Crippen LogP contribution in [0.15, 0.2) is 36.4 Å². The molecule has 1 amide bonds. The van der Waals surface area contributed by atoms with Crippen molar-refractivity contribution in [1.29, 1.82) is 0 Å². The molecule has 0 fully saturated rings. The summed E-state index contributed by atoms with van der Waals surface area (Å²) in [5.41, 5.74) is 7.93. The summed E-state index contributed by atoms with van der Waals surface area (Å²) in [5.74, 6) is -0.0929. The number of hydrogen-bond acceptors (Lipinski definition) is 4. The van der Waals surface area contributed by atoms with Crippen molar-refractivity contribution in [2.24, 2.45) is 0 Å². The van der Waals surface area contributed by atoms with Gasteiger partial charge in [0.1, 0.15) is 11.5 Å². The monoisotopic (exact) mass is 272 g/mol. The molecule has 0 atom stereocenters. The van der Waals surface area contributed by atoms with Gasteiger partial charge in [-0.25, -0.2) is 0 Å². The lowest BCUT2D eigenvalue weighted by molar-refractivity contribution is 0.102. The first kappa shape index (κ1) is 13.7. The molecule has 0 aromatic heterocycles. The summed E-state index contributed by atoms with van der Waals surface area (Å²) in [4.78, 5) is 12.1. The number of nitrogens with one attached hydrogen (secondary N) is 1. The van der Waals surface area contributed by atoms with Crippen molar-refractivity contribution in [3.63, 3.8) is 0 Å².